The van der Waals surface area contributed by atoms with Gasteiger partial charge in [-0.2, -0.15) is 0 Å². The summed E-state index contributed by atoms with van der Waals surface area (Å²) in [6.07, 6.45) is 0. The summed E-state index contributed by atoms with van der Waals surface area (Å²) in [5.41, 5.74) is 11.5. The Morgan fingerprint density at radius 3 is 2.59 bits per heavy atom. The molecule has 88 valence electrons. The molecule has 2 heteroatoms. The molecule has 0 saturated carbocycles. The molecule has 0 radical (unpaired) electrons. The fourth-order valence-electron chi connectivity index (χ4n) is 1.82. The van der Waals surface area contributed by atoms with E-state index in [0.717, 1.165) is 17.9 Å². The van der Waals surface area contributed by atoms with Crippen molar-refractivity contribution in [3.8, 4) is 0 Å². The van der Waals surface area contributed by atoms with Crippen LogP contribution in [-0.2, 0) is 6.54 Å². The summed E-state index contributed by atoms with van der Waals surface area (Å²) in [5.74, 6) is 0. The van der Waals surface area contributed by atoms with E-state index in [4.69, 9.17) is 5.73 Å². The van der Waals surface area contributed by atoms with E-state index < -0.39 is 0 Å². The Balaban J connectivity index is 2.12. The SMILES string of the molecule is Cc1ccc(N)c(NCc2ccccc2C)c1. The van der Waals surface area contributed by atoms with Crippen LogP contribution in [0.15, 0.2) is 42.5 Å². The molecule has 0 atom stereocenters. The third-order valence-corrected chi connectivity index (χ3v) is 2.94. The first-order valence-electron chi connectivity index (χ1n) is 5.81. The van der Waals surface area contributed by atoms with E-state index in [1.165, 1.54) is 16.7 Å². The van der Waals surface area contributed by atoms with E-state index in [9.17, 15) is 0 Å². The lowest BCUT2D eigenvalue weighted by molar-refractivity contribution is 1.12. The number of anilines is 2. The van der Waals surface area contributed by atoms with Gasteiger partial charge in [0.15, 0.2) is 0 Å². The maximum absolute atomic E-state index is 5.93. The Morgan fingerprint density at radius 2 is 1.82 bits per heavy atom. The summed E-state index contributed by atoms with van der Waals surface area (Å²) < 4.78 is 0. The summed E-state index contributed by atoms with van der Waals surface area (Å²) in [6, 6.07) is 14.4. The van der Waals surface area contributed by atoms with Gasteiger partial charge in [0.05, 0.1) is 11.4 Å². The smallest absolute Gasteiger partial charge is 0.0579 e. The lowest BCUT2D eigenvalue weighted by Gasteiger charge is -2.11. The first kappa shape index (κ1) is 11.5. The molecule has 0 unspecified atom stereocenters. The molecule has 0 aliphatic rings. The normalized spacial score (nSPS) is 10.2. The number of hydrogen-bond donors (Lipinski definition) is 2. The lowest BCUT2D eigenvalue weighted by atomic mass is 10.1. The van der Waals surface area contributed by atoms with Gasteiger partial charge in [0.25, 0.3) is 0 Å². The van der Waals surface area contributed by atoms with E-state index in [1.54, 1.807) is 0 Å². The van der Waals surface area contributed by atoms with Crippen LogP contribution in [0.2, 0.25) is 0 Å². The lowest BCUT2D eigenvalue weighted by Crippen LogP contribution is -2.03. The van der Waals surface area contributed by atoms with Gasteiger partial charge < -0.3 is 11.1 Å². The standard InChI is InChI=1S/C15H18N2/c1-11-7-8-14(16)15(9-11)17-10-13-6-4-3-5-12(13)2/h3-9,17H,10,16H2,1-2H3. The molecular weight excluding hydrogens is 208 g/mol. The molecule has 17 heavy (non-hydrogen) atoms. The topological polar surface area (TPSA) is 38.0 Å². The van der Waals surface area contributed by atoms with Crippen molar-refractivity contribution in [2.24, 2.45) is 0 Å². The predicted molar refractivity (Wildman–Crippen MR) is 74.1 cm³/mol. The number of hydrogen-bond acceptors (Lipinski definition) is 2. The molecule has 0 aliphatic heterocycles. The van der Waals surface area contributed by atoms with Gasteiger partial charge in [-0.1, -0.05) is 30.3 Å². The van der Waals surface area contributed by atoms with Gasteiger partial charge in [0.1, 0.15) is 0 Å². The van der Waals surface area contributed by atoms with E-state index in [-0.39, 0.29) is 0 Å². The van der Waals surface area contributed by atoms with Gasteiger partial charge in [-0.15, -0.1) is 0 Å². The van der Waals surface area contributed by atoms with Crippen LogP contribution in [0.3, 0.4) is 0 Å². The van der Waals surface area contributed by atoms with Crippen molar-refractivity contribution in [2.75, 3.05) is 11.1 Å². The van der Waals surface area contributed by atoms with Crippen LogP contribution < -0.4 is 11.1 Å². The quantitative estimate of drug-likeness (QED) is 0.786. The van der Waals surface area contributed by atoms with Gasteiger partial charge in [-0.25, -0.2) is 0 Å². The summed E-state index contributed by atoms with van der Waals surface area (Å²) in [6.45, 7) is 5.00. The van der Waals surface area contributed by atoms with Crippen molar-refractivity contribution < 1.29 is 0 Å². The van der Waals surface area contributed by atoms with Crippen molar-refractivity contribution in [3.05, 3.63) is 59.2 Å². The van der Waals surface area contributed by atoms with Crippen molar-refractivity contribution in [3.63, 3.8) is 0 Å². The number of nitrogen functional groups attached to an aromatic ring is 1. The molecule has 2 nitrogen and oxygen atoms in total. The monoisotopic (exact) mass is 226 g/mol. The Kier molecular flexibility index (Phi) is 3.33. The van der Waals surface area contributed by atoms with Crippen molar-refractivity contribution in [2.45, 2.75) is 20.4 Å². The van der Waals surface area contributed by atoms with E-state index in [0.29, 0.717) is 0 Å². The number of benzene rings is 2. The van der Waals surface area contributed by atoms with Crippen LogP contribution in [0.25, 0.3) is 0 Å². The minimum atomic E-state index is 0.796. The third-order valence-electron chi connectivity index (χ3n) is 2.94. The molecule has 2 aromatic carbocycles. The highest BCUT2D eigenvalue weighted by Crippen LogP contribution is 2.20. The highest BCUT2D eigenvalue weighted by Gasteiger charge is 2.00. The van der Waals surface area contributed by atoms with Gasteiger partial charge in [-0.05, 0) is 42.7 Å². The Hall–Kier alpha value is -1.96. The van der Waals surface area contributed by atoms with Gasteiger partial charge >= 0.3 is 0 Å². The van der Waals surface area contributed by atoms with E-state index >= 15 is 0 Å². The average Bonchev–Trinajstić information content (AvgIpc) is 2.32. The summed E-state index contributed by atoms with van der Waals surface area (Å²) >= 11 is 0. The zero-order valence-electron chi connectivity index (χ0n) is 10.3. The molecule has 2 aromatic rings. The van der Waals surface area contributed by atoms with E-state index in [2.05, 4.69) is 49.5 Å². The van der Waals surface area contributed by atoms with Crippen molar-refractivity contribution in [1.29, 1.82) is 0 Å². The molecular formula is C15H18N2. The number of aryl methyl sites for hydroxylation is 2. The fourth-order valence-corrected chi connectivity index (χ4v) is 1.82. The summed E-state index contributed by atoms with van der Waals surface area (Å²) in [5, 5.41) is 3.39. The molecule has 0 bridgehead atoms. The molecule has 0 spiro atoms. The van der Waals surface area contributed by atoms with Gasteiger partial charge in [-0.3, -0.25) is 0 Å². The highest BCUT2D eigenvalue weighted by atomic mass is 14.9. The second-order valence-corrected chi connectivity index (χ2v) is 4.37. The largest absolute Gasteiger partial charge is 0.397 e. The van der Waals surface area contributed by atoms with Crippen molar-refractivity contribution >= 4 is 11.4 Å². The highest BCUT2D eigenvalue weighted by molar-refractivity contribution is 5.67. The Bertz CT molecular complexity index is 518. The summed E-state index contributed by atoms with van der Waals surface area (Å²) in [7, 11) is 0. The summed E-state index contributed by atoms with van der Waals surface area (Å²) in [4.78, 5) is 0. The molecule has 0 saturated heterocycles. The minimum absolute atomic E-state index is 0.796. The zero-order valence-corrected chi connectivity index (χ0v) is 10.3. The van der Waals surface area contributed by atoms with Crippen LogP contribution in [-0.4, -0.2) is 0 Å². The molecule has 0 amide bonds. The Morgan fingerprint density at radius 1 is 1.06 bits per heavy atom. The number of rotatable bonds is 3. The Labute approximate surface area is 102 Å². The van der Waals surface area contributed by atoms with Crippen LogP contribution in [0, 0.1) is 13.8 Å². The predicted octanol–water partition coefficient (Wildman–Crippen LogP) is 3.50. The van der Waals surface area contributed by atoms with Gasteiger partial charge in [0, 0.05) is 6.54 Å². The average molecular weight is 226 g/mol. The van der Waals surface area contributed by atoms with E-state index in [1.807, 2.05) is 12.1 Å². The first-order chi connectivity index (χ1) is 8.16. The van der Waals surface area contributed by atoms with Gasteiger partial charge in [0.2, 0.25) is 0 Å². The molecule has 2 rings (SSSR count). The maximum Gasteiger partial charge on any atom is 0.0579 e. The van der Waals surface area contributed by atoms with Crippen LogP contribution in [0.4, 0.5) is 11.4 Å². The first-order valence-corrected chi connectivity index (χ1v) is 5.81. The maximum atomic E-state index is 5.93. The molecule has 3 N–H and O–H groups in total. The molecule has 0 fully saturated rings. The molecule has 0 aromatic heterocycles. The second-order valence-electron chi connectivity index (χ2n) is 4.37. The number of nitrogens with two attached hydrogens (primary N) is 1. The zero-order chi connectivity index (χ0) is 12.3. The van der Waals surface area contributed by atoms with Crippen LogP contribution in [0.5, 0.6) is 0 Å². The third kappa shape index (κ3) is 2.78. The van der Waals surface area contributed by atoms with Crippen LogP contribution >= 0.6 is 0 Å². The fraction of sp³-hybridized carbons (Fsp3) is 0.200. The molecule has 0 aliphatic carbocycles. The minimum Gasteiger partial charge on any atom is -0.397 e. The van der Waals surface area contributed by atoms with Crippen LogP contribution in [0.1, 0.15) is 16.7 Å². The second kappa shape index (κ2) is 4.91. The van der Waals surface area contributed by atoms with Crippen molar-refractivity contribution in [1.82, 2.24) is 0 Å². The molecule has 0 heterocycles. The number of nitrogens with one attached hydrogen (secondary N) is 1.